The molecule has 0 aromatic heterocycles. The highest BCUT2D eigenvalue weighted by molar-refractivity contribution is 7.98. The number of carboxylic acid groups (broad SMARTS) is 1. The summed E-state index contributed by atoms with van der Waals surface area (Å²) in [7, 11) is -4.59. The largest absolute Gasteiger partial charge is 0.478 e. The van der Waals surface area contributed by atoms with Gasteiger partial charge in [0.1, 0.15) is 5.75 Å². The molecular formula is C16H14O7S2. The van der Waals surface area contributed by atoms with E-state index >= 15 is 0 Å². The monoisotopic (exact) mass is 382 g/mol. The molecular weight excluding hydrogens is 368 g/mol. The van der Waals surface area contributed by atoms with Crippen molar-refractivity contribution >= 4 is 33.8 Å². The Hall–Kier alpha value is -2.36. The number of carbonyl (C=O) groups is 2. The number of rotatable bonds is 5. The van der Waals surface area contributed by atoms with Gasteiger partial charge in [0.25, 0.3) is 10.1 Å². The predicted octanol–water partition coefficient (Wildman–Crippen LogP) is 2.88. The second-order valence-electron chi connectivity index (χ2n) is 5.01. The van der Waals surface area contributed by atoms with Crippen molar-refractivity contribution in [3.8, 4) is 5.75 Å². The van der Waals surface area contributed by atoms with Crippen LogP contribution in [0.3, 0.4) is 0 Å². The molecule has 0 aliphatic rings. The smallest absolute Gasteiger partial charge is 0.344 e. The Kier molecular flexibility index (Phi) is 5.51. The third kappa shape index (κ3) is 4.38. The number of esters is 1. The number of benzene rings is 2. The van der Waals surface area contributed by atoms with Gasteiger partial charge in [0.2, 0.25) is 0 Å². The lowest BCUT2D eigenvalue weighted by Gasteiger charge is -2.10. The number of hydrogen-bond donors (Lipinski definition) is 2. The highest BCUT2D eigenvalue weighted by atomic mass is 32.2. The molecule has 0 bridgehead atoms. The van der Waals surface area contributed by atoms with Crippen LogP contribution < -0.4 is 4.74 Å². The van der Waals surface area contributed by atoms with E-state index in [-0.39, 0.29) is 11.3 Å². The van der Waals surface area contributed by atoms with E-state index < -0.39 is 32.5 Å². The maximum atomic E-state index is 12.3. The molecule has 0 spiro atoms. The third-order valence-corrected chi connectivity index (χ3v) is 5.06. The molecule has 0 saturated heterocycles. The maximum Gasteiger partial charge on any atom is 0.344 e. The van der Waals surface area contributed by atoms with E-state index in [0.29, 0.717) is 6.07 Å². The number of aromatic carboxylic acids is 1. The molecule has 0 aliphatic heterocycles. The van der Waals surface area contributed by atoms with Crippen LogP contribution in [0.2, 0.25) is 0 Å². The van der Waals surface area contributed by atoms with Crippen LogP contribution in [0.5, 0.6) is 5.75 Å². The van der Waals surface area contributed by atoms with Gasteiger partial charge < -0.3 is 9.84 Å². The Morgan fingerprint density at radius 3 is 2.28 bits per heavy atom. The summed E-state index contributed by atoms with van der Waals surface area (Å²) < 4.78 is 36.4. The molecule has 2 aromatic carbocycles. The van der Waals surface area contributed by atoms with Gasteiger partial charge in [0.15, 0.2) is 0 Å². The van der Waals surface area contributed by atoms with E-state index in [1.54, 1.807) is 18.2 Å². The molecule has 2 rings (SSSR count). The minimum atomic E-state index is -4.59. The first-order chi connectivity index (χ1) is 11.6. The first-order valence-corrected chi connectivity index (χ1v) is 9.51. The molecule has 7 nitrogen and oxygen atoms in total. The van der Waals surface area contributed by atoms with Crippen molar-refractivity contribution in [2.24, 2.45) is 0 Å². The van der Waals surface area contributed by atoms with E-state index in [9.17, 15) is 23.1 Å². The maximum absolute atomic E-state index is 12.3. The first kappa shape index (κ1) is 19.0. The van der Waals surface area contributed by atoms with Crippen LogP contribution in [0, 0.1) is 6.92 Å². The second kappa shape index (κ2) is 7.26. The number of carboxylic acids is 1. The molecule has 0 saturated carbocycles. The standard InChI is InChI=1S/C16H14O7S2/c1-9-7-10(3-6-14(9)24-2)23-16(19)12-5-4-11(25(20,21)22)8-13(12)15(17)18/h3-8H,1-2H3,(H,17,18)(H,20,21,22). The molecule has 2 N–H and O–H groups in total. The lowest BCUT2D eigenvalue weighted by Crippen LogP contribution is -2.15. The quantitative estimate of drug-likeness (QED) is 0.351. The Labute approximate surface area is 148 Å². The second-order valence-corrected chi connectivity index (χ2v) is 7.28. The lowest BCUT2D eigenvalue weighted by atomic mass is 10.1. The predicted molar refractivity (Wildman–Crippen MR) is 91.1 cm³/mol. The van der Waals surface area contributed by atoms with Crippen molar-refractivity contribution in [1.82, 2.24) is 0 Å². The Morgan fingerprint density at radius 1 is 1.08 bits per heavy atom. The molecule has 0 atom stereocenters. The van der Waals surface area contributed by atoms with Crippen LogP contribution in [0.25, 0.3) is 0 Å². The zero-order valence-corrected chi connectivity index (χ0v) is 14.8. The molecule has 9 heteroatoms. The van der Waals surface area contributed by atoms with Gasteiger partial charge in [-0.05, 0) is 55.1 Å². The fourth-order valence-corrected chi connectivity index (χ4v) is 3.21. The minimum Gasteiger partial charge on any atom is -0.478 e. The van der Waals surface area contributed by atoms with Crippen LogP contribution in [-0.2, 0) is 10.1 Å². The average molecular weight is 382 g/mol. The molecule has 0 unspecified atom stereocenters. The first-order valence-electron chi connectivity index (χ1n) is 6.85. The Balaban J connectivity index is 2.39. The topological polar surface area (TPSA) is 118 Å². The number of aryl methyl sites for hydroxylation is 1. The van der Waals surface area contributed by atoms with Crippen molar-refractivity contribution in [3.63, 3.8) is 0 Å². The van der Waals surface area contributed by atoms with Gasteiger partial charge in [-0.15, -0.1) is 11.8 Å². The summed E-state index contributed by atoms with van der Waals surface area (Å²) >= 11 is 1.53. The van der Waals surface area contributed by atoms with E-state index in [0.717, 1.165) is 22.6 Å². The summed E-state index contributed by atoms with van der Waals surface area (Å²) in [6.45, 7) is 1.84. The number of thioether (sulfide) groups is 1. The Bertz CT molecular complexity index is 949. The number of hydrogen-bond acceptors (Lipinski definition) is 6. The number of ether oxygens (including phenoxy) is 1. The summed E-state index contributed by atoms with van der Waals surface area (Å²) in [6, 6.07) is 7.59. The summed E-state index contributed by atoms with van der Waals surface area (Å²) in [5.74, 6) is -2.24. The van der Waals surface area contributed by atoms with E-state index in [2.05, 4.69) is 0 Å². The minimum absolute atomic E-state index is 0.232. The van der Waals surface area contributed by atoms with Crippen LogP contribution in [0.4, 0.5) is 0 Å². The molecule has 0 amide bonds. The van der Waals surface area contributed by atoms with Gasteiger partial charge in [-0.3, -0.25) is 4.55 Å². The molecule has 132 valence electrons. The van der Waals surface area contributed by atoms with Gasteiger partial charge in [0.05, 0.1) is 16.0 Å². The summed E-state index contributed by atoms with van der Waals surface area (Å²) in [4.78, 5) is 24.0. The summed E-state index contributed by atoms with van der Waals surface area (Å²) in [5.41, 5.74) is -0.0259. The normalized spacial score (nSPS) is 11.2. The van der Waals surface area contributed by atoms with Gasteiger partial charge in [-0.1, -0.05) is 0 Å². The lowest BCUT2D eigenvalue weighted by molar-refractivity contribution is 0.0667. The molecule has 0 radical (unpaired) electrons. The number of carbonyl (C=O) groups excluding carboxylic acids is 1. The molecule has 25 heavy (non-hydrogen) atoms. The van der Waals surface area contributed by atoms with E-state index in [1.165, 1.54) is 11.8 Å². The molecule has 0 fully saturated rings. The van der Waals surface area contributed by atoms with Gasteiger partial charge in [-0.25, -0.2) is 9.59 Å². The molecule has 0 aliphatic carbocycles. The third-order valence-electron chi connectivity index (χ3n) is 3.32. The van der Waals surface area contributed by atoms with Crippen molar-refractivity contribution in [1.29, 1.82) is 0 Å². The molecule has 0 heterocycles. The SMILES string of the molecule is CSc1ccc(OC(=O)c2ccc(S(=O)(=O)O)cc2C(=O)O)cc1C. The fraction of sp³-hybridized carbons (Fsp3) is 0.125. The Morgan fingerprint density at radius 2 is 1.76 bits per heavy atom. The van der Waals surface area contributed by atoms with Crippen molar-refractivity contribution in [2.45, 2.75) is 16.7 Å². The van der Waals surface area contributed by atoms with Gasteiger partial charge >= 0.3 is 11.9 Å². The zero-order valence-electron chi connectivity index (χ0n) is 13.2. The van der Waals surface area contributed by atoms with Crippen LogP contribution >= 0.6 is 11.8 Å². The van der Waals surface area contributed by atoms with Crippen molar-refractivity contribution in [2.75, 3.05) is 6.26 Å². The van der Waals surface area contributed by atoms with Crippen LogP contribution in [0.15, 0.2) is 46.2 Å². The van der Waals surface area contributed by atoms with Crippen LogP contribution in [0.1, 0.15) is 26.3 Å². The average Bonchev–Trinajstić information content (AvgIpc) is 2.53. The van der Waals surface area contributed by atoms with Crippen molar-refractivity contribution in [3.05, 3.63) is 53.1 Å². The molecule has 2 aromatic rings. The zero-order chi connectivity index (χ0) is 18.8. The van der Waals surface area contributed by atoms with E-state index in [4.69, 9.17) is 9.29 Å². The summed E-state index contributed by atoms with van der Waals surface area (Å²) in [5, 5.41) is 9.20. The summed E-state index contributed by atoms with van der Waals surface area (Å²) in [6.07, 6.45) is 1.91. The van der Waals surface area contributed by atoms with Gasteiger partial charge in [-0.2, -0.15) is 8.42 Å². The van der Waals surface area contributed by atoms with Crippen LogP contribution in [-0.4, -0.2) is 36.3 Å². The highest BCUT2D eigenvalue weighted by Crippen LogP contribution is 2.25. The van der Waals surface area contributed by atoms with Crippen molar-refractivity contribution < 1.29 is 32.4 Å². The fourth-order valence-electron chi connectivity index (χ4n) is 2.12. The van der Waals surface area contributed by atoms with E-state index in [1.807, 2.05) is 13.2 Å². The highest BCUT2D eigenvalue weighted by Gasteiger charge is 2.22. The van der Waals surface area contributed by atoms with Gasteiger partial charge in [0, 0.05) is 4.90 Å².